The monoisotopic (exact) mass is 306 g/mol. The predicted molar refractivity (Wildman–Crippen MR) is 89.1 cm³/mol. The highest BCUT2D eigenvalue weighted by atomic mass is 16.5. The zero-order valence-corrected chi connectivity index (χ0v) is 12.9. The molecule has 0 spiro atoms. The van der Waals surface area contributed by atoms with E-state index in [0.717, 1.165) is 35.4 Å². The number of amides is 2. The Morgan fingerprint density at radius 2 is 1.83 bits per heavy atom. The van der Waals surface area contributed by atoms with Gasteiger partial charge in [0.05, 0.1) is 18.8 Å². The minimum atomic E-state index is -0.170. The molecule has 2 amide bonds. The number of carbonyl (C=O) groups excluding carboxylic acids is 1. The van der Waals surface area contributed by atoms with E-state index in [9.17, 15) is 4.79 Å². The Balaban J connectivity index is 1.87. The van der Waals surface area contributed by atoms with Gasteiger partial charge in [0.2, 0.25) is 0 Å². The van der Waals surface area contributed by atoms with Crippen LogP contribution in [0.5, 0.6) is 5.75 Å². The average molecular weight is 306 g/mol. The number of para-hydroxylation sites is 1. The molecule has 2 aromatic rings. The van der Waals surface area contributed by atoms with Gasteiger partial charge in [0, 0.05) is 11.1 Å². The fourth-order valence-electron chi connectivity index (χ4n) is 3.52. The highest BCUT2D eigenvalue weighted by Crippen LogP contribution is 2.40. The van der Waals surface area contributed by atoms with E-state index >= 15 is 0 Å². The zero-order valence-electron chi connectivity index (χ0n) is 12.9. The van der Waals surface area contributed by atoms with Gasteiger partial charge in [0.15, 0.2) is 0 Å². The van der Waals surface area contributed by atoms with Gasteiger partial charge in [-0.15, -0.1) is 0 Å². The lowest BCUT2D eigenvalue weighted by molar-refractivity contribution is 0.240. The zero-order chi connectivity index (χ0) is 15.8. The van der Waals surface area contributed by atoms with Crippen LogP contribution in [0.15, 0.2) is 54.1 Å². The number of carbonyl (C=O) groups is 1. The van der Waals surface area contributed by atoms with Crippen LogP contribution in [0.1, 0.15) is 29.2 Å². The third kappa shape index (κ3) is 2.27. The Labute approximate surface area is 135 Å². The van der Waals surface area contributed by atoms with Crippen molar-refractivity contribution in [3.8, 4) is 5.75 Å². The number of aryl methyl sites for hydroxylation is 1. The van der Waals surface area contributed by atoms with Gasteiger partial charge in [0.25, 0.3) is 0 Å². The Morgan fingerprint density at radius 1 is 1.04 bits per heavy atom. The van der Waals surface area contributed by atoms with Gasteiger partial charge >= 0.3 is 6.03 Å². The van der Waals surface area contributed by atoms with E-state index in [-0.39, 0.29) is 12.1 Å². The molecule has 1 unspecified atom stereocenters. The van der Waals surface area contributed by atoms with Gasteiger partial charge in [-0.2, -0.15) is 0 Å². The molecule has 1 heterocycles. The number of ether oxygens (including phenoxy) is 1. The molecule has 0 radical (unpaired) electrons. The summed E-state index contributed by atoms with van der Waals surface area (Å²) in [6, 6.07) is 15.8. The summed E-state index contributed by atoms with van der Waals surface area (Å²) in [6.45, 7) is 0. The van der Waals surface area contributed by atoms with Crippen LogP contribution in [-0.2, 0) is 6.42 Å². The molecule has 2 aliphatic rings. The SMILES string of the molecule is COc1ccccc1C1NC(=O)NC2=C1CCc1ccccc12. The molecule has 4 rings (SSSR count). The molecular formula is C19H18N2O2. The van der Waals surface area contributed by atoms with Crippen molar-refractivity contribution in [2.75, 3.05) is 7.11 Å². The molecule has 1 atom stereocenters. The lowest BCUT2D eigenvalue weighted by Crippen LogP contribution is -2.44. The van der Waals surface area contributed by atoms with Crippen LogP contribution < -0.4 is 15.4 Å². The van der Waals surface area contributed by atoms with E-state index < -0.39 is 0 Å². The summed E-state index contributed by atoms with van der Waals surface area (Å²) in [4.78, 5) is 12.2. The van der Waals surface area contributed by atoms with E-state index in [1.165, 1.54) is 11.1 Å². The molecular weight excluding hydrogens is 288 g/mol. The van der Waals surface area contributed by atoms with Crippen LogP contribution in [-0.4, -0.2) is 13.1 Å². The maximum atomic E-state index is 12.2. The average Bonchev–Trinajstić information content (AvgIpc) is 2.61. The number of hydrogen-bond donors (Lipinski definition) is 2. The maximum absolute atomic E-state index is 12.2. The number of urea groups is 1. The standard InChI is InChI=1S/C19H18N2O2/c1-23-16-9-5-4-8-14(16)18-15-11-10-12-6-2-3-7-13(12)17(15)20-19(22)21-18/h2-9,18H,10-11H2,1H3,(H2,20,21,22). The van der Waals surface area contributed by atoms with Gasteiger partial charge in [-0.25, -0.2) is 4.79 Å². The van der Waals surface area contributed by atoms with Gasteiger partial charge in [0.1, 0.15) is 5.75 Å². The van der Waals surface area contributed by atoms with E-state index in [1.807, 2.05) is 36.4 Å². The molecule has 0 bridgehead atoms. The van der Waals surface area contributed by atoms with Crippen molar-refractivity contribution in [1.29, 1.82) is 0 Å². The molecule has 2 N–H and O–H groups in total. The van der Waals surface area contributed by atoms with Crippen molar-refractivity contribution in [2.24, 2.45) is 0 Å². The fourth-order valence-corrected chi connectivity index (χ4v) is 3.52. The van der Waals surface area contributed by atoms with Crippen LogP contribution >= 0.6 is 0 Å². The molecule has 116 valence electrons. The van der Waals surface area contributed by atoms with Crippen LogP contribution in [0, 0.1) is 0 Å². The van der Waals surface area contributed by atoms with Crippen LogP contribution in [0.25, 0.3) is 5.70 Å². The summed E-state index contributed by atoms with van der Waals surface area (Å²) >= 11 is 0. The summed E-state index contributed by atoms with van der Waals surface area (Å²) in [5.74, 6) is 0.797. The van der Waals surface area contributed by atoms with Gasteiger partial charge < -0.3 is 15.4 Å². The van der Waals surface area contributed by atoms with Crippen molar-refractivity contribution in [1.82, 2.24) is 10.6 Å². The van der Waals surface area contributed by atoms with Crippen LogP contribution in [0.2, 0.25) is 0 Å². The number of rotatable bonds is 2. The summed E-state index contributed by atoms with van der Waals surface area (Å²) in [5.41, 5.74) is 5.58. The molecule has 0 saturated heterocycles. The second kappa shape index (κ2) is 5.47. The molecule has 0 aromatic heterocycles. The lowest BCUT2D eigenvalue weighted by atomic mass is 9.82. The normalized spacial score (nSPS) is 19.3. The first kappa shape index (κ1) is 13.9. The van der Waals surface area contributed by atoms with Crippen LogP contribution in [0.3, 0.4) is 0 Å². The number of nitrogens with one attached hydrogen (secondary N) is 2. The molecule has 23 heavy (non-hydrogen) atoms. The van der Waals surface area contributed by atoms with Crippen molar-refractivity contribution in [3.63, 3.8) is 0 Å². The molecule has 0 saturated carbocycles. The first-order valence-corrected chi connectivity index (χ1v) is 7.79. The first-order valence-electron chi connectivity index (χ1n) is 7.79. The molecule has 4 heteroatoms. The molecule has 1 aliphatic carbocycles. The lowest BCUT2D eigenvalue weighted by Gasteiger charge is -2.34. The summed E-state index contributed by atoms with van der Waals surface area (Å²) in [7, 11) is 1.66. The third-order valence-electron chi connectivity index (χ3n) is 4.58. The number of fused-ring (bicyclic) bond motifs is 2. The second-order valence-electron chi connectivity index (χ2n) is 5.83. The number of methoxy groups -OCH3 is 1. The number of hydrogen-bond acceptors (Lipinski definition) is 2. The van der Waals surface area contributed by atoms with Gasteiger partial charge in [-0.1, -0.05) is 42.5 Å². The summed E-state index contributed by atoms with van der Waals surface area (Å²) in [6.07, 6.45) is 1.90. The molecule has 1 aliphatic heterocycles. The molecule has 2 aromatic carbocycles. The Morgan fingerprint density at radius 3 is 2.70 bits per heavy atom. The quantitative estimate of drug-likeness (QED) is 0.893. The minimum Gasteiger partial charge on any atom is -0.496 e. The third-order valence-corrected chi connectivity index (χ3v) is 4.58. The van der Waals surface area contributed by atoms with E-state index in [0.29, 0.717) is 0 Å². The smallest absolute Gasteiger partial charge is 0.320 e. The van der Waals surface area contributed by atoms with Crippen LogP contribution in [0.4, 0.5) is 4.79 Å². The Bertz CT molecular complexity index is 811. The maximum Gasteiger partial charge on any atom is 0.320 e. The van der Waals surface area contributed by atoms with Crippen molar-refractivity contribution >= 4 is 11.7 Å². The summed E-state index contributed by atoms with van der Waals surface area (Å²) in [5, 5.41) is 6.05. The van der Waals surface area contributed by atoms with Gasteiger partial charge in [-0.05, 0) is 30.0 Å². The molecule has 0 fully saturated rings. The fraction of sp³-hybridized carbons (Fsp3) is 0.211. The predicted octanol–water partition coefficient (Wildman–Crippen LogP) is 3.41. The topological polar surface area (TPSA) is 50.4 Å². The highest BCUT2D eigenvalue weighted by Gasteiger charge is 2.33. The minimum absolute atomic E-state index is 0.150. The largest absolute Gasteiger partial charge is 0.496 e. The second-order valence-corrected chi connectivity index (χ2v) is 5.83. The molecule has 4 nitrogen and oxygen atoms in total. The van der Waals surface area contributed by atoms with Gasteiger partial charge in [-0.3, -0.25) is 0 Å². The summed E-state index contributed by atoms with van der Waals surface area (Å²) < 4.78 is 5.49. The van der Waals surface area contributed by atoms with Crippen molar-refractivity contribution < 1.29 is 9.53 Å². The highest BCUT2D eigenvalue weighted by molar-refractivity contribution is 5.91. The van der Waals surface area contributed by atoms with E-state index in [1.54, 1.807) is 7.11 Å². The number of benzene rings is 2. The van der Waals surface area contributed by atoms with Crippen molar-refractivity contribution in [2.45, 2.75) is 18.9 Å². The van der Waals surface area contributed by atoms with Crippen molar-refractivity contribution in [3.05, 3.63) is 70.8 Å². The Kier molecular flexibility index (Phi) is 3.30. The Hall–Kier alpha value is -2.75. The first-order chi connectivity index (χ1) is 11.3. The van der Waals surface area contributed by atoms with E-state index in [4.69, 9.17) is 4.74 Å². The van der Waals surface area contributed by atoms with E-state index in [2.05, 4.69) is 22.8 Å².